The number of ether oxygens (including phenoxy) is 1. The second-order valence-corrected chi connectivity index (χ2v) is 2.55. The molecule has 3 radical (unpaired) electrons. The Morgan fingerprint density at radius 3 is 2.20 bits per heavy atom. The predicted molar refractivity (Wildman–Crippen MR) is 39.4 cm³/mol. The first-order chi connectivity index (χ1) is 4.88. The Labute approximate surface area is 76.5 Å². The molecule has 0 spiro atoms. The van der Waals surface area contributed by atoms with E-state index in [0.717, 1.165) is 11.5 Å². The summed E-state index contributed by atoms with van der Waals surface area (Å²) in [5.41, 5.74) is 0. The molecule has 1 rings (SSSR count). The van der Waals surface area contributed by atoms with Crippen LogP contribution in [0.4, 0.5) is 0 Å². The first-order valence-electron chi connectivity index (χ1n) is 2.85. The third-order valence-corrected chi connectivity index (χ3v) is 2.03. The molecule has 0 bridgehead atoms. The van der Waals surface area contributed by atoms with Crippen molar-refractivity contribution >= 4 is 26.2 Å². The Hall–Kier alpha value is -0.258. The Morgan fingerprint density at radius 1 is 1.20 bits per heavy atom. The monoisotopic (exact) mass is 331 g/mol. The van der Waals surface area contributed by atoms with Crippen molar-refractivity contribution in [2.45, 2.75) is 0 Å². The van der Waals surface area contributed by atoms with Crippen molar-refractivity contribution in [2.24, 2.45) is 0 Å². The summed E-state index contributed by atoms with van der Waals surface area (Å²) < 4.78 is 10.2. The van der Waals surface area contributed by atoms with Crippen LogP contribution in [-0.4, -0.2) is 33.3 Å². The van der Waals surface area contributed by atoms with Crippen molar-refractivity contribution in [3.05, 3.63) is 24.3 Å². The summed E-state index contributed by atoms with van der Waals surface area (Å²) in [6, 6.07) is 7.62. The first-order valence-corrected chi connectivity index (χ1v) is 4.44. The Morgan fingerprint density at radius 2 is 1.80 bits per heavy atom. The van der Waals surface area contributed by atoms with Gasteiger partial charge in [0, 0.05) is 0 Å². The molecule has 0 aliphatic carbocycles. The zero-order valence-electron chi connectivity index (χ0n) is 5.63. The Bertz CT molecular complexity index is 190. The zero-order valence-corrected chi connectivity index (χ0v) is 9.51. The molecule has 0 fully saturated rings. The molecule has 2 nitrogen and oxygen atoms in total. The van der Waals surface area contributed by atoms with Crippen LogP contribution in [0.3, 0.4) is 0 Å². The number of hydrogen-bond acceptors (Lipinski definition) is 2. The van der Waals surface area contributed by atoms with Gasteiger partial charge in [-0.05, 0) is 0 Å². The molecule has 0 amide bonds. The van der Waals surface area contributed by atoms with Gasteiger partial charge < -0.3 is 0 Å². The van der Waals surface area contributed by atoms with E-state index in [0.29, 0.717) is 26.2 Å². The minimum absolute atomic E-state index is 0.700. The molecule has 0 N–H and O–H groups in total. The van der Waals surface area contributed by atoms with Crippen molar-refractivity contribution < 1.29 is 7.42 Å². The number of benzene rings is 1. The maximum atomic E-state index is 5.15. The van der Waals surface area contributed by atoms with Gasteiger partial charge >= 0.3 is 76.5 Å². The molecule has 51 valence electrons. The summed E-state index contributed by atoms with van der Waals surface area (Å²) in [7, 11) is 1.64. The van der Waals surface area contributed by atoms with E-state index in [9.17, 15) is 0 Å². The van der Waals surface area contributed by atoms with E-state index in [4.69, 9.17) is 7.42 Å². The molecule has 10 heavy (non-hydrogen) atoms. The van der Waals surface area contributed by atoms with Gasteiger partial charge in [-0.15, -0.1) is 0 Å². The standard InChI is InChI=1S/C7H8O2.Pb/c1-9-7-5-3-2-4-6(7)8;/h2-5,8H,1H3;/q;+1/p-1. The van der Waals surface area contributed by atoms with Gasteiger partial charge in [0.25, 0.3) is 0 Å². The number of rotatable bonds is 2. The third-order valence-electron chi connectivity index (χ3n) is 1.18. The fraction of sp³-hybridized carbons (Fsp3) is 0.143. The molecule has 1 aromatic rings. The fourth-order valence-corrected chi connectivity index (χ4v) is 1.36. The maximum absolute atomic E-state index is 5.15. The normalized spacial score (nSPS) is 9.00. The van der Waals surface area contributed by atoms with Crippen LogP contribution in [-0.2, 0) is 0 Å². The predicted octanol–water partition coefficient (Wildman–Crippen LogP) is 1.16. The van der Waals surface area contributed by atoms with Crippen molar-refractivity contribution in [1.82, 2.24) is 0 Å². The van der Waals surface area contributed by atoms with Crippen molar-refractivity contribution in [3.63, 3.8) is 0 Å². The summed E-state index contributed by atoms with van der Waals surface area (Å²) in [5.74, 6) is 1.63. The Balaban J connectivity index is 2.96. The van der Waals surface area contributed by atoms with Crippen molar-refractivity contribution in [2.75, 3.05) is 7.11 Å². The fourth-order valence-electron chi connectivity index (χ4n) is 0.703. The summed E-state index contributed by atoms with van der Waals surface area (Å²) in [6.45, 7) is 0. The quantitative estimate of drug-likeness (QED) is 0.758. The van der Waals surface area contributed by atoms with Gasteiger partial charge in [0.15, 0.2) is 0 Å². The summed E-state index contributed by atoms with van der Waals surface area (Å²) in [4.78, 5) is 0. The molecule has 0 aliphatic heterocycles. The van der Waals surface area contributed by atoms with Gasteiger partial charge in [-0.2, -0.15) is 0 Å². The van der Waals surface area contributed by atoms with Crippen LogP contribution in [0, 0.1) is 0 Å². The van der Waals surface area contributed by atoms with Gasteiger partial charge in [0.2, 0.25) is 0 Å². The van der Waals surface area contributed by atoms with E-state index in [1.54, 1.807) is 7.11 Å². The average molecular weight is 330 g/mol. The molecule has 0 saturated carbocycles. The van der Waals surface area contributed by atoms with Crippen molar-refractivity contribution in [3.8, 4) is 11.5 Å². The van der Waals surface area contributed by atoms with E-state index >= 15 is 0 Å². The molecular weight excluding hydrogens is 323 g/mol. The van der Waals surface area contributed by atoms with Gasteiger partial charge in [-0.1, -0.05) is 0 Å². The number of para-hydroxylation sites is 2. The third kappa shape index (κ3) is 1.62. The summed E-state index contributed by atoms with van der Waals surface area (Å²) in [5, 5.41) is 0. The number of hydrogen-bond donors (Lipinski definition) is 0. The van der Waals surface area contributed by atoms with Crippen LogP contribution in [0.25, 0.3) is 0 Å². The molecule has 3 heteroatoms. The van der Waals surface area contributed by atoms with Gasteiger partial charge in [0.05, 0.1) is 0 Å². The van der Waals surface area contributed by atoms with Crippen LogP contribution >= 0.6 is 0 Å². The molecule has 0 heterocycles. The van der Waals surface area contributed by atoms with Crippen LogP contribution in [0.2, 0.25) is 0 Å². The van der Waals surface area contributed by atoms with E-state index in [2.05, 4.69) is 0 Å². The molecule has 0 aliphatic rings. The zero-order chi connectivity index (χ0) is 7.40. The molecule has 0 atom stereocenters. The van der Waals surface area contributed by atoms with Gasteiger partial charge in [0.1, 0.15) is 0 Å². The topological polar surface area (TPSA) is 18.5 Å². The minimum atomic E-state index is 0.700. The average Bonchev–Trinajstić information content (AvgIpc) is 2.04. The first kappa shape index (κ1) is 7.84. The second-order valence-electron chi connectivity index (χ2n) is 1.75. The molecule has 0 aromatic heterocycles. The Kier molecular flexibility index (Phi) is 2.98. The molecule has 1 aromatic carbocycles. The van der Waals surface area contributed by atoms with E-state index in [-0.39, 0.29) is 0 Å². The number of methoxy groups -OCH3 is 1. The molecular formula is C7H7O2Pb. The summed E-state index contributed by atoms with van der Waals surface area (Å²) >= 11 is 0.700. The van der Waals surface area contributed by atoms with Crippen LogP contribution in [0.5, 0.6) is 11.5 Å². The SMILES string of the molecule is COc1ccccc1[O][Pb]. The summed E-state index contributed by atoms with van der Waals surface area (Å²) in [6.07, 6.45) is 0. The van der Waals surface area contributed by atoms with Gasteiger partial charge in [-0.3, -0.25) is 0 Å². The van der Waals surface area contributed by atoms with Crippen LogP contribution < -0.4 is 7.42 Å². The van der Waals surface area contributed by atoms with E-state index in [1.165, 1.54) is 0 Å². The molecule has 0 saturated heterocycles. The van der Waals surface area contributed by atoms with E-state index < -0.39 is 0 Å². The van der Waals surface area contributed by atoms with Crippen molar-refractivity contribution in [1.29, 1.82) is 0 Å². The van der Waals surface area contributed by atoms with Crippen LogP contribution in [0.15, 0.2) is 24.3 Å². The van der Waals surface area contributed by atoms with Crippen LogP contribution in [0.1, 0.15) is 0 Å². The second kappa shape index (κ2) is 3.80. The molecule has 0 unspecified atom stereocenters. The van der Waals surface area contributed by atoms with E-state index in [1.807, 2.05) is 24.3 Å². The van der Waals surface area contributed by atoms with Gasteiger partial charge in [-0.25, -0.2) is 0 Å².